The molecule has 1 aliphatic heterocycles. The van der Waals surface area contributed by atoms with E-state index in [1.807, 2.05) is 43.3 Å². The molecule has 0 unspecified atom stereocenters. The fraction of sp³-hybridized carbons (Fsp3) is 0.500. The normalized spacial score (nSPS) is 21.2. The highest BCUT2D eigenvalue weighted by atomic mass is 16.2. The molecular weight excluding hydrogens is 582 g/mol. The summed E-state index contributed by atoms with van der Waals surface area (Å²) in [5, 5.41) is 26.7. The smallest absolute Gasteiger partial charge is 0.253 e. The van der Waals surface area contributed by atoms with Crippen LogP contribution in [0.2, 0.25) is 0 Å². The Hall–Kier alpha value is -4.63. The average molecular weight is 624 g/mol. The molecule has 1 saturated carbocycles. The molecule has 0 bridgehead atoms. The summed E-state index contributed by atoms with van der Waals surface area (Å²) in [5.41, 5.74) is 4.19. The molecule has 6 rings (SSSR count). The first kappa shape index (κ1) is 31.4. The minimum absolute atomic E-state index is 0.0598. The van der Waals surface area contributed by atoms with Crippen molar-refractivity contribution in [2.24, 2.45) is 13.0 Å². The fourth-order valence-corrected chi connectivity index (χ4v) is 7.45. The third-order valence-corrected chi connectivity index (χ3v) is 9.75. The summed E-state index contributed by atoms with van der Waals surface area (Å²) < 4.78 is 0. The first-order valence-corrected chi connectivity index (χ1v) is 15.8. The van der Waals surface area contributed by atoms with Gasteiger partial charge in [0.15, 0.2) is 5.82 Å². The highest BCUT2D eigenvalue weighted by Crippen LogP contribution is 2.48. The van der Waals surface area contributed by atoms with Crippen LogP contribution in [0.3, 0.4) is 0 Å². The van der Waals surface area contributed by atoms with Crippen molar-refractivity contribution in [1.82, 2.24) is 40.2 Å². The maximum absolute atomic E-state index is 13.4. The standard InChI is InChI=1S/C34H41N9O3/c1-20(36-19-30(44)43-26(18-35)15-25-16-29(25)43)17-34(33-37-39-42(6)38-33)27-11-9-23(31(45)40(2)3)13-21(27)7-8-22-14-24(10-12-28(22)34)32(46)41(4)5/h9-14,20,25-26,29,36H,7-8,15-17,19H2,1-6H3/t20-,25+,26-,29-/m0/s1. The average Bonchev–Trinajstić information content (AvgIpc) is 3.53. The van der Waals surface area contributed by atoms with Crippen molar-refractivity contribution in [3.05, 3.63) is 75.6 Å². The van der Waals surface area contributed by atoms with Crippen LogP contribution in [0.1, 0.15) is 75.0 Å². The molecule has 1 N–H and O–H groups in total. The molecule has 46 heavy (non-hydrogen) atoms. The number of benzene rings is 2. The van der Waals surface area contributed by atoms with Gasteiger partial charge in [-0.2, -0.15) is 10.1 Å². The highest BCUT2D eigenvalue weighted by molar-refractivity contribution is 5.95. The van der Waals surface area contributed by atoms with Crippen molar-refractivity contribution < 1.29 is 14.4 Å². The van der Waals surface area contributed by atoms with E-state index in [0.29, 0.717) is 42.1 Å². The van der Waals surface area contributed by atoms with Gasteiger partial charge >= 0.3 is 0 Å². The Morgan fingerprint density at radius 3 is 2.09 bits per heavy atom. The molecule has 2 aliphatic carbocycles. The predicted molar refractivity (Wildman–Crippen MR) is 170 cm³/mol. The number of rotatable bonds is 8. The number of nitriles is 1. The molecule has 3 aliphatic rings. The molecule has 3 aromatic rings. The molecular formula is C34H41N9O3. The molecule has 3 amide bonds. The van der Waals surface area contributed by atoms with Crippen molar-refractivity contribution in [2.45, 2.75) is 62.6 Å². The lowest BCUT2D eigenvalue weighted by Gasteiger charge is -2.36. The summed E-state index contributed by atoms with van der Waals surface area (Å²) in [5.74, 6) is 0.717. The van der Waals surface area contributed by atoms with Gasteiger partial charge in [-0.25, -0.2) is 0 Å². The van der Waals surface area contributed by atoms with Crippen molar-refractivity contribution in [1.29, 1.82) is 5.26 Å². The van der Waals surface area contributed by atoms with E-state index in [9.17, 15) is 19.6 Å². The minimum Gasteiger partial charge on any atom is -0.345 e. The zero-order valence-electron chi connectivity index (χ0n) is 27.3. The molecule has 1 saturated heterocycles. The maximum Gasteiger partial charge on any atom is 0.253 e. The first-order chi connectivity index (χ1) is 21.9. The zero-order valence-corrected chi connectivity index (χ0v) is 27.3. The van der Waals surface area contributed by atoms with E-state index in [0.717, 1.165) is 35.1 Å². The summed E-state index contributed by atoms with van der Waals surface area (Å²) in [6, 6.07) is 13.6. The Balaban J connectivity index is 1.44. The number of aromatic nitrogens is 4. The number of carbonyl (C=O) groups is 3. The summed E-state index contributed by atoms with van der Waals surface area (Å²) in [6.07, 6.45) is 3.50. The van der Waals surface area contributed by atoms with E-state index < -0.39 is 5.41 Å². The second kappa shape index (κ2) is 11.9. The molecule has 4 atom stereocenters. The molecule has 240 valence electrons. The van der Waals surface area contributed by atoms with Crippen LogP contribution in [-0.2, 0) is 30.1 Å². The van der Waals surface area contributed by atoms with Gasteiger partial charge in [0.1, 0.15) is 6.04 Å². The minimum atomic E-state index is -0.908. The van der Waals surface area contributed by atoms with Crippen molar-refractivity contribution in [3.8, 4) is 6.07 Å². The van der Waals surface area contributed by atoms with Gasteiger partial charge < -0.3 is 20.0 Å². The first-order valence-electron chi connectivity index (χ1n) is 15.8. The number of tetrazole rings is 1. The van der Waals surface area contributed by atoms with Gasteiger partial charge in [-0.3, -0.25) is 14.4 Å². The molecule has 2 fully saturated rings. The van der Waals surface area contributed by atoms with E-state index in [-0.39, 0.29) is 42.4 Å². The van der Waals surface area contributed by atoms with Gasteiger partial charge in [0.05, 0.1) is 25.1 Å². The van der Waals surface area contributed by atoms with E-state index in [4.69, 9.17) is 5.10 Å². The molecule has 0 radical (unpaired) electrons. The largest absolute Gasteiger partial charge is 0.345 e. The topological polar surface area (TPSA) is 140 Å². The lowest BCUT2D eigenvalue weighted by Crippen LogP contribution is -2.46. The van der Waals surface area contributed by atoms with Crippen LogP contribution in [-0.4, -0.2) is 105 Å². The number of amides is 3. The maximum atomic E-state index is 13.4. The quantitative estimate of drug-likeness (QED) is 0.402. The number of piperidine rings is 1. The van der Waals surface area contributed by atoms with Gasteiger partial charge in [-0.1, -0.05) is 12.1 Å². The van der Waals surface area contributed by atoms with Crippen molar-refractivity contribution in [2.75, 3.05) is 34.7 Å². The van der Waals surface area contributed by atoms with Gasteiger partial charge in [0.2, 0.25) is 5.91 Å². The third kappa shape index (κ3) is 5.42. The second-order valence-electron chi connectivity index (χ2n) is 13.4. The van der Waals surface area contributed by atoms with E-state index in [1.165, 1.54) is 4.80 Å². The lowest BCUT2D eigenvalue weighted by atomic mass is 9.67. The Bertz CT molecular complexity index is 1670. The number of aryl methyl sites for hydroxylation is 3. The van der Waals surface area contributed by atoms with Crippen LogP contribution >= 0.6 is 0 Å². The van der Waals surface area contributed by atoms with E-state index >= 15 is 0 Å². The third-order valence-electron chi connectivity index (χ3n) is 9.75. The van der Waals surface area contributed by atoms with Gasteiger partial charge in [-0.15, -0.1) is 10.2 Å². The summed E-state index contributed by atoms with van der Waals surface area (Å²) in [4.78, 5) is 45.8. The number of likely N-dealkylation sites (tertiary alicyclic amines) is 1. The molecule has 2 heterocycles. The predicted octanol–water partition coefficient (Wildman–Crippen LogP) is 1.93. The van der Waals surface area contributed by atoms with Gasteiger partial charge in [-0.05, 0) is 96.7 Å². The van der Waals surface area contributed by atoms with Crippen LogP contribution in [0.4, 0.5) is 0 Å². The SMILES string of the molecule is C[C@@H](CC1(c2nnn(C)n2)c2ccc(C(=O)N(C)C)cc2CCc2cc(C(=O)N(C)C)ccc21)NCC(=O)N1[C@H](C#N)C[C@@H]2C[C@@H]21. The highest BCUT2D eigenvalue weighted by Gasteiger charge is 2.54. The number of carbonyl (C=O) groups excluding carboxylic acids is 3. The van der Waals surface area contributed by atoms with Crippen LogP contribution < -0.4 is 5.32 Å². The lowest BCUT2D eigenvalue weighted by molar-refractivity contribution is -0.131. The summed E-state index contributed by atoms with van der Waals surface area (Å²) in [6.45, 7) is 2.15. The number of nitrogens with zero attached hydrogens (tertiary/aromatic N) is 8. The van der Waals surface area contributed by atoms with Crippen LogP contribution in [0.5, 0.6) is 0 Å². The Labute approximate surface area is 269 Å². The Morgan fingerprint density at radius 1 is 1.00 bits per heavy atom. The number of hydrogen-bond donors (Lipinski definition) is 1. The number of fused-ring (bicyclic) bond motifs is 3. The van der Waals surface area contributed by atoms with Gasteiger partial charge in [0.25, 0.3) is 11.8 Å². The molecule has 0 spiro atoms. The molecule has 1 aromatic heterocycles. The van der Waals surface area contributed by atoms with Gasteiger partial charge in [0, 0.05) is 51.4 Å². The molecule has 12 heteroatoms. The van der Waals surface area contributed by atoms with E-state index in [1.54, 1.807) is 49.9 Å². The summed E-state index contributed by atoms with van der Waals surface area (Å²) >= 11 is 0. The monoisotopic (exact) mass is 623 g/mol. The number of hydrogen-bond acceptors (Lipinski definition) is 8. The van der Waals surface area contributed by atoms with Crippen LogP contribution in [0.25, 0.3) is 0 Å². The Morgan fingerprint density at radius 2 is 1.59 bits per heavy atom. The van der Waals surface area contributed by atoms with Crippen molar-refractivity contribution >= 4 is 17.7 Å². The van der Waals surface area contributed by atoms with E-state index in [2.05, 4.69) is 21.7 Å². The van der Waals surface area contributed by atoms with Crippen molar-refractivity contribution in [3.63, 3.8) is 0 Å². The van der Waals surface area contributed by atoms with Crippen LogP contribution in [0, 0.1) is 17.2 Å². The summed E-state index contributed by atoms with van der Waals surface area (Å²) in [7, 11) is 8.67. The number of nitrogens with one attached hydrogen (secondary N) is 1. The zero-order chi connectivity index (χ0) is 32.9. The van der Waals surface area contributed by atoms with Crippen LogP contribution in [0.15, 0.2) is 36.4 Å². The molecule has 2 aromatic carbocycles. The fourth-order valence-electron chi connectivity index (χ4n) is 7.45. The second-order valence-corrected chi connectivity index (χ2v) is 13.4. The Kier molecular flexibility index (Phi) is 8.14. The molecule has 12 nitrogen and oxygen atoms in total.